The smallest absolute Gasteiger partial charge is 0.277 e. The molecule has 0 aliphatic carbocycles. The van der Waals surface area contributed by atoms with Crippen LogP contribution < -0.4 is 10.9 Å². The third-order valence-electron chi connectivity index (χ3n) is 4.25. The molecule has 0 saturated carbocycles. The van der Waals surface area contributed by atoms with Gasteiger partial charge >= 0.3 is 0 Å². The van der Waals surface area contributed by atoms with E-state index in [1.807, 2.05) is 36.4 Å². The number of aromatic amines is 1. The molecule has 2 N–H and O–H groups in total. The van der Waals surface area contributed by atoms with E-state index >= 15 is 0 Å². The Morgan fingerprint density at radius 2 is 1.85 bits per heavy atom. The van der Waals surface area contributed by atoms with E-state index in [0.29, 0.717) is 17.6 Å². The maximum absolute atomic E-state index is 12.4. The van der Waals surface area contributed by atoms with Gasteiger partial charge in [-0.2, -0.15) is 0 Å². The van der Waals surface area contributed by atoms with E-state index in [0.717, 1.165) is 12.8 Å². The van der Waals surface area contributed by atoms with Gasteiger partial charge in [-0.05, 0) is 30.5 Å². The second kappa shape index (κ2) is 6.79. The number of benzene rings is 2. The Balaban J connectivity index is 1.52. The molecule has 2 aromatic carbocycles. The Morgan fingerprint density at radius 3 is 2.69 bits per heavy atom. The van der Waals surface area contributed by atoms with Crippen molar-refractivity contribution in [1.29, 1.82) is 0 Å². The van der Waals surface area contributed by atoms with Crippen LogP contribution in [0.5, 0.6) is 0 Å². The van der Waals surface area contributed by atoms with Crippen molar-refractivity contribution in [3.63, 3.8) is 0 Å². The fraction of sp³-hybridized carbons (Fsp3) is 0.158. The van der Waals surface area contributed by atoms with Crippen LogP contribution in [0.15, 0.2) is 59.4 Å². The standard InChI is InChI=1S/C19H17N5O2/c25-18(20-12-6-9-13-7-2-1-3-8-13)16-17-19(26)21-14-10-4-5-11-15(14)24(17)23-22-16/h1-5,7-8,10-11H,6,9,12H2,(H,20,25)(H,21,26). The highest BCUT2D eigenvalue weighted by molar-refractivity contribution is 5.99. The molecule has 4 aromatic rings. The van der Waals surface area contributed by atoms with Crippen LogP contribution in [0.1, 0.15) is 22.5 Å². The lowest BCUT2D eigenvalue weighted by Crippen LogP contribution is -2.26. The monoisotopic (exact) mass is 347 g/mol. The lowest BCUT2D eigenvalue weighted by molar-refractivity contribution is 0.0949. The van der Waals surface area contributed by atoms with Crippen LogP contribution >= 0.6 is 0 Å². The molecule has 130 valence electrons. The Hall–Kier alpha value is -3.48. The predicted octanol–water partition coefficient (Wildman–Crippen LogP) is 1.93. The molecule has 0 fully saturated rings. The molecular weight excluding hydrogens is 330 g/mol. The number of hydrogen-bond donors (Lipinski definition) is 2. The van der Waals surface area contributed by atoms with Gasteiger partial charge in [-0.15, -0.1) is 5.10 Å². The fourth-order valence-corrected chi connectivity index (χ4v) is 2.98. The zero-order chi connectivity index (χ0) is 17.9. The van der Waals surface area contributed by atoms with Crippen LogP contribution in [0.25, 0.3) is 16.6 Å². The number of amides is 1. The summed E-state index contributed by atoms with van der Waals surface area (Å²) in [6.45, 7) is 0.498. The number of carbonyl (C=O) groups is 1. The van der Waals surface area contributed by atoms with Crippen LogP contribution in [-0.2, 0) is 6.42 Å². The van der Waals surface area contributed by atoms with Gasteiger partial charge in [0.15, 0.2) is 11.2 Å². The number of nitrogens with zero attached hydrogens (tertiary/aromatic N) is 3. The average Bonchev–Trinajstić information content (AvgIpc) is 3.12. The average molecular weight is 347 g/mol. The summed E-state index contributed by atoms with van der Waals surface area (Å²) < 4.78 is 1.41. The number of aryl methyl sites for hydroxylation is 1. The van der Waals surface area contributed by atoms with E-state index in [2.05, 4.69) is 32.7 Å². The SMILES string of the molecule is O=C(NCCCc1ccccc1)c1nnn2c1c(=O)[nH]c1ccccc12. The molecule has 2 aromatic heterocycles. The van der Waals surface area contributed by atoms with Crippen LogP contribution in [-0.4, -0.2) is 32.3 Å². The molecular formula is C19H17N5O2. The molecule has 7 nitrogen and oxygen atoms in total. The van der Waals surface area contributed by atoms with Crippen molar-refractivity contribution in [2.24, 2.45) is 0 Å². The molecule has 0 radical (unpaired) electrons. The first-order chi connectivity index (χ1) is 12.7. The van der Waals surface area contributed by atoms with Crippen molar-refractivity contribution in [3.8, 4) is 0 Å². The van der Waals surface area contributed by atoms with Gasteiger partial charge in [0, 0.05) is 6.54 Å². The molecule has 7 heteroatoms. The quantitative estimate of drug-likeness (QED) is 0.540. The molecule has 0 aliphatic rings. The molecule has 0 bridgehead atoms. The summed E-state index contributed by atoms with van der Waals surface area (Å²) >= 11 is 0. The van der Waals surface area contributed by atoms with E-state index in [-0.39, 0.29) is 16.8 Å². The largest absolute Gasteiger partial charge is 0.351 e. The number of rotatable bonds is 5. The number of fused-ring (bicyclic) bond motifs is 3. The van der Waals surface area contributed by atoms with Crippen LogP contribution in [0.3, 0.4) is 0 Å². The normalized spacial score (nSPS) is 11.1. The van der Waals surface area contributed by atoms with E-state index in [1.165, 1.54) is 10.1 Å². The molecule has 2 heterocycles. The molecule has 0 spiro atoms. The number of aromatic nitrogens is 4. The minimum absolute atomic E-state index is 0.0386. The Morgan fingerprint density at radius 1 is 1.08 bits per heavy atom. The van der Waals surface area contributed by atoms with Gasteiger partial charge in [-0.3, -0.25) is 9.59 Å². The van der Waals surface area contributed by atoms with Crippen LogP contribution in [0, 0.1) is 0 Å². The summed E-state index contributed by atoms with van der Waals surface area (Å²) in [5.74, 6) is -0.395. The lowest BCUT2D eigenvalue weighted by atomic mass is 10.1. The summed E-state index contributed by atoms with van der Waals surface area (Å²) in [5, 5.41) is 10.7. The van der Waals surface area contributed by atoms with Crippen molar-refractivity contribution < 1.29 is 4.79 Å². The zero-order valence-corrected chi connectivity index (χ0v) is 14.0. The highest BCUT2D eigenvalue weighted by atomic mass is 16.2. The van der Waals surface area contributed by atoms with Gasteiger partial charge in [-0.1, -0.05) is 47.7 Å². The van der Waals surface area contributed by atoms with E-state index in [9.17, 15) is 9.59 Å². The Labute approximate surface area is 148 Å². The second-order valence-electron chi connectivity index (χ2n) is 6.01. The molecule has 0 saturated heterocycles. The molecule has 1 amide bonds. The van der Waals surface area contributed by atoms with Crippen molar-refractivity contribution in [2.45, 2.75) is 12.8 Å². The van der Waals surface area contributed by atoms with Crippen molar-refractivity contribution in [2.75, 3.05) is 6.54 Å². The van der Waals surface area contributed by atoms with Gasteiger partial charge in [0.05, 0.1) is 11.0 Å². The maximum Gasteiger partial charge on any atom is 0.277 e. The van der Waals surface area contributed by atoms with Gasteiger partial charge < -0.3 is 10.3 Å². The molecule has 0 atom stereocenters. The van der Waals surface area contributed by atoms with Crippen LogP contribution in [0.2, 0.25) is 0 Å². The van der Waals surface area contributed by atoms with Gasteiger partial charge in [-0.25, -0.2) is 4.52 Å². The van der Waals surface area contributed by atoms with Crippen molar-refractivity contribution in [1.82, 2.24) is 25.1 Å². The number of hydrogen-bond acceptors (Lipinski definition) is 4. The fourth-order valence-electron chi connectivity index (χ4n) is 2.98. The molecule has 0 aliphatic heterocycles. The van der Waals surface area contributed by atoms with Crippen LogP contribution in [0.4, 0.5) is 0 Å². The van der Waals surface area contributed by atoms with Gasteiger partial charge in [0.25, 0.3) is 11.5 Å². The second-order valence-corrected chi connectivity index (χ2v) is 6.01. The maximum atomic E-state index is 12.4. The van der Waals surface area contributed by atoms with E-state index in [4.69, 9.17) is 0 Å². The molecule has 26 heavy (non-hydrogen) atoms. The predicted molar refractivity (Wildman–Crippen MR) is 98.2 cm³/mol. The topological polar surface area (TPSA) is 92.2 Å². The minimum Gasteiger partial charge on any atom is -0.351 e. The first-order valence-corrected chi connectivity index (χ1v) is 8.42. The molecule has 4 rings (SSSR count). The summed E-state index contributed by atoms with van der Waals surface area (Å²) in [6, 6.07) is 17.3. The summed E-state index contributed by atoms with van der Waals surface area (Å²) in [5.41, 5.74) is 2.37. The summed E-state index contributed by atoms with van der Waals surface area (Å²) in [6.07, 6.45) is 1.67. The summed E-state index contributed by atoms with van der Waals surface area (Å²) in [4.78, 5) is 27.6. The Bertz CT molecular complexity index is 1130. The van der Waals surface area contributed by atoms with Crippen molar-refractivity contribution >= 4 is 22.5 Å². The Kier molecular flexibility index (Phi) is 4.18. The third-order valence-corrected chi connectivity index (χ3v) is 4.25. The van der Waals surface area contributed by atoms with Crippen molar-refractivity contribution in [3.05, 3.63) is 76.2 Å². The van der Waals surface area contributed by atoms with E-state index < -0.39 is 5.91 Å². The lowest BCUT2D eigenvalue weighted by Gasteiger charge is -2.04. The summed E-state index contributed by atoms with van der Waals surface area (Å²) in [7, 11) is 0. The number of H-pyrrole nitrogens is 1. The highest BCUT2D eigenvalue weighted by Crippen LogP contribution is 2.12. The zero-order valence-electron chi connectivity index (χ0n) is 14.0. The van der Waals surface area contributed by atoms with Gasteiger partial charge in [0.1, 0.15) is 0 Å². The van der Waals surface area contributed by atoms with Gasteiger partial charge in [0.2, 0.25) is 0 Å². The first kappa shape index (κ1) is 16.0. The number of para-hydroxylation sites is 2. The van der Waals surface area contributed by atoms with E-state index in [1.54, 1.807) is 6.07 Å². The minimum atomic E-state index is -0.395. The number of carbonyl (C=O) groups excluding carboxylic acids is 1. The molecule has 0 unspecified atom stereocenters. The third kappa shape index (κ3) is 2.95. The highest BCUT2D eigenvalue weighted by Gasteiger charge is 2.19. The first-order valence-electron chi connectivity index (χ1n) is 8.42. The number of nitrogens with one attached hydrogen (secondary N) is 2.